The standard InChI is InChI=1S/C29H22N2O2/c32-29-27(20-23-13-10-18-26(19-23)33-21-22-11-4-1-5-12-22)28(24-14-6-2-7-15-24)30-31(29)25-16-8-3-9-17-25/h1-20H,21H2/b27-20+. The van der Waals surface area contributed by atoms with E-state index in [2.05, 4.69) is 5.10 Å². The van der Waals surface area contributed by atoms with Gasteiger partial charge in [0.05, 0.1) is 11.3 Å². The van der Waals surface area contributed by atoms with Crippen LogP contribution in [0.15, 0.2) is 126 Å². The zero-order valence-corrected chi connectivity index (χ0v) is 18.0. The van der Waals surface area contributed by atoms with Crippen molar-refractivity contribution in [3.05, 3.63) is 138 Å². The molecule has 4 aromatic rings. The minimum Gasteiger partial charge on any atom is -0.489 e. The van der Waals surface area contributed by atoms with Gasteiger partial charge in [-0.15, -0.1) is 0 Å². The van der Waals surface area contributed by atoms with Crippen molar-refractivity contribution in [1.82, 2.24) is 0 Å². The summed E-state index contributed by atoms with van der Waals surface area (Å²) in [6.45, 7) is 0.484. The number of para-hydroxylation sites is 1. The first-order chi connectivity index (χ1) is 16.3. The summed E-state index contributed by atoms with van der Waals surface area (Å²) in [7, 11) is 0. The summed E-state index contributed by atoms with van der Waals surface area (Å²) in [5.74, 6) is 0.590. The number of carbonyl (C=O) groups excluding carboxylic acids is 1. The maximum Gasteiger partial charge on any atom is 0.281 e. The highest BCUT2D eigenvalue weighted by atomic mass is 16.5. The first-order valence-electron chi connectivity index (χ1n) is 10.8. The highest BCUT2D eigenvalue weighted by Crippen LogP contribution is 2.28. The fraction of sp³-hybridized carbons (Fsp3) is 0.0345. The zero-order valence-electron chi connectivity index (χ0n) is 18.0. The molecule has 1 aliphatic heterocycles. The summed E-state index contributed by atoms with van der Waals surface area (Å²) in [6, 6.07) is 37.0. The smallest absolute Gasteiger partial charge is 0.281 e. The van der Waals surface area contributed by atoms with Crippen molar-refractivity contribution in [3.8, 4) is 5.75 Å². The Kier molecular flexibility index (Phi) is 5.81. The first kappa shape index (κ1) is 20.5. The van der Waals surface area contributed by atoms with E-state index in [0.29, 0.717) is 17.9 Å². The molecule has 0 unspecified atom stereocenters. The Bertz CT molecular complexity index is 1310. The lowest BCUT2D eigenvalue weighted by Gasteiger charge is -2.11. The molecule has 1 aliphatic rings. The molecule has 0 bridgehead atoms. The van der Waals surface area contributed by atoms with E-state index in [1.165, 1.54) is 5.01 Å². The molecule has 0 radical (unpaired) electrons. The van der Waals surface area contributed by atoms with Crippen LogP contribution in [0.25, 0.3) is 6.08 Å². The molecule has 33 heavy (non-hydrogen) atoms. The van der Waals surface area contributed by atoms with Crippen molar-refractivity contribution >= 4 is 23.4 Å². The molecule has 0 saturated heterocycles. The SMILES string of the molecule is O=C1/C(=C/c2cccc(OCc3ccccc3)c2)C(c2ccccc2)=NN1c1ccccc1. The van der Waals surface area contributed by atoms with Gasteiger partial charge in [-0.05, 0) is 41.5 Å². The number of nitrogens with zero attached hydrogens (tertiary/aromatic N) is 2. The summed E-state index contributed by atoms with van der Waals surface area (Å²) < 4.78 is 5.97. The first-order valence-corrected chi connectivity index (χ1v) is 10.8. The van der Waals surface area contributed by atoms with Crippen molar-refractivity contribution in [3.63, 3.8) is 0 Å². The van der Waals surface area contributed by atoms with Gasteiger partial charge >= 0.3 is 0 Å². The van der Waals surface area contributed by atoms with Gasteiger partial charge in [0, 0.05) is 5.56 Å². The number of anilines is 1. The lowest BCUT2D eigenvalue weighted by atomic mass is 10.00. The molecule has 4 heteroatoms. The maximum atomic E-state index is 13.4. The Morgan fingerprint density at radius 2 is 1.42 bits per heavy atom. The molecular weight excluding hydrogens is 408 g/mol. The highest BCUT2D eigenvalue weighted by molar-refractivity contribution is 6.37. The minimum absolute atomic E-state index is 0.157. The van der Waals surface area contributed by atoms with Crippen LogP contribution < -0.4 is 9.75 Å². The molecule has 0 N–H and O–H groups in total. The Morgan fingerprint density at radius 3 is 2.15 bits per heavy atom. The molecule has 0 aromatic heterocycles. The quantitative estimate of drug-likeness (QED) is 0.347. The Hall–Kier alpha value is -4.44. The van der Waals surface area contributed by atoms with Gasteiger partial charge < -0.3 is 4.74 Å². The number of hydrazone groups is 1. The van der Waals surface area contributed by atoms with Gasteiger partial charge in [-0.2, -0.15) is 10.1 Å². The van der Waals surface area contributed by atoms with Crippen molar-refractivity contribution < 1.29 is 9.53 Å². The predicted molar refractivity (Wildman–Crippen MR) is 132 cm³/mol. The van der Waals surface area contributed by atoms with Crippen LogP contribution in [0.5, 0.6) is 5.75 Å². The van der Waals surface area contributed by atoms with Crippen molar-refractivity contribution in [2.24, 2.45) is 5.10 Å². The van der Waals surface area contributed by atoms with E-state index in [1.807, 2.05) is 121 Å². The van der Waals surface area contributed by atoms with Gasteiger partial charge in [-0.3, -0.25) is 4.79 Å². The van der Waals surface area contributed by atoms with E-state index in [4.69, 9.17) is 4.74 Å². The zero-order chi connectivity index (χ0) is 22.5. The van der Waals surface area contributed by atoms with Gasteiger partial charge in [-0.1, -0.05) is 91.0 Å². The topological polar surface area (TPSA) is 41.9 Å². The second-order valence-corrected chi connectivity index (χ2v) is 7.67. The van der Waals surface area contributed by atoms with Gasteiger partial charge in [-0.25, -0.2) is 0 Å². The number of hydrogen-bond donors (Lipinski definition) is 0. The number of benzene rings is 4. The summed E-state index contributed by atoms with van der Waals surface area (Å²) >= 11 is 0. The van der Waals surface area contributed by atoms with Crippen LogP contribution in [0.3, 0.4) is 0 Å². The highest BCUT2D eigenvalue weighted by Gasteiger charge is 2.31. The third-order valence-electron chi connectivity index (χ3n) is 5.34. The minimum atomic E-state index is -0.157. The second kappa shape index (κ2) is 9.37. The summed E-state index contributed by atoms with van der Waals surface area (Å²) in [5, 5.41) is 6.15. The largest absolute Gasteiger partial charge is 0.489 e. The Labute approximate surface area is 193 Å². The molecule has 0 fully saturated rings. The van der Waals surface area contributed by atoms with Gasteiger partial charge in [0.15, 0.2) is 0 Å². The molecule has 0 saturated carbocycles. The van der Waals surface area contributed by atoms with Crippen LogP contribution in [-0.4, -0.2) is 11.6 Å². The molecule has 1 heterocycles. The fourth-order valence-electron chi connectivity index (χ4n) is 3.70. The monoisotopic (exact) mass is 430 g/mol. The van der Waals surface area contributed by atoms with E-state index in [-0.39, 0.29) is 5.91 Å². The van der Waals surface area contributed by atoms with E-state index in [1.54, 1.807) is 0 Å². The van der Waals surface area contributed by atoms with Crippen LogP contribution in [0.4, 0.5) is 5.69 Å². The molecule has 1 amide bonds. The number of amides is 1. The van der Waals surface area contributed by atoms with Crippen LogP contribution in [0.1, 0.15) is 16.7 Å². The van der Waals surface area contributed by atoms with Gasteiger partial charge in [0.25, 0.3) is 5.91 Å². The third kappa shape index (κ3) is 4.60. The summed E-state index contributed by atoms with van der Waals surface area (Å²) in [6.07, 6.45) is 1.88. The van der Waals surface area contributed by atoms with E-state index in [9.17, 15) is 4.79 Å². The molecular formula is C29H22N2O2. The summed E-state index contributed by atoms with van der Waals surface area (Å²) in [4.78, 5) is 13.4. The Morgan fingerprint density at radius 1 is 0.758 bits per heavy atom. The van der Waals surface area contributed by atoms with E-state index >= 15 is 0 Å². The molecule has 160 valence electrons. The van der Waals surface area contributed by atoms with E-state index in [0.717, 1.165) is 28.1 Å². The van der Waals surface area contributed by atoms with Crippen LogP contribution in [0, 0.1) is 0 Å². The van der Waals surface area contributed by atoms with Gasteiger partial charge in [0.1, 0.15) is 18.1 Å². The van der Waals surface area contributed by atoms with Crippen LogP contribution >= 0.6 is 0 Å². The predicted octanol–water partition coefficient (Wildman–Crippen LogP) is 6.10. The Balaban J connectivity index is 1.47. The molecule has 0 aliphatic carbocycles. The molecule has 4 aromatic carbocycles. The second-order valence-electron chi connectivity index (χ2n) is 7.67. The average molecular weight is 431 g/mol. The fourth-order valence-corrected chi connectivity index (χ4v) is 3.70. The molecule has 4 nitrogen and oxygen atoms in total. The van der Waals surface area contributed by atoms with Crippen molar-refractivity contribution in [2.75, 3.05) is 5.01 Å². The van der Waals surface area contributed by atoms with E-state index < -0.39 is 0 Å². The van der Waals surface area contributed by atoms with Crippen molar-refractivity contribution in [2.45, 2.75) is 6.61 Å². The van der Waals surface area contributed by atoms with Gasteiger partial charge in [0.2, 0.25) is 0 Å². The van der Waals surface area contributed by atoms with Crippen LogP contribution in [-0.2, 0) is 11.4 Å². The van der Waals surface area contributed by atoms with Crippen molar-refractivity contribution in [1.29, 1.82) is 0 Å². The number of carbonyl (C=O) groups is 1. The number of hydrogen-bond acceptors (Lipinski definition) is 3. The lowest BCUT2D eigenvalue weighted by molar-refractivity contribution is -0.114. The normalized spacial score (nSPS) is 14.4. The number of rotatable bonds is 6. The lowest BCUT2D eigenvalue weighted by Crippen LogP contribution is -2.21. The maximum absolute atomic E-state index is 13.4. The molecule has 5 rings (SSSR count). The number of ether oxygens (including phenoxy) is 1. The third-order valence-corrected chi connectivity index (χ3v) is 5.34. The average Bonchev–Trinajstić information content (AvgIpc) is 3.20. The van der Waals surface area contributed by atoms with Crippen LogP contribution in [0.2, 0.25) is 0 Å². The molecule has 0 spiro atoms. The molecule has 0 atom stereocenters. The summed E-state index contributed by atoms with van der Waals surface area (Å²) in [5.41, 5.74) is 4.81.